The molecule has 2 aromatic rings. The first kappa shape index (κ1) is 15.9. The van der Waals surface area contributed by atoms with Crippen molar-refractivity contribution in [3.05, 3.63) is 59.7 Å². The van der Waals surface area contributed by atoms with Gasteiger partial charge in [-0.15, -0.1) is 0 Å². The van der Waals surface area contributed by atoms with E-state index in [4.69, 9.17) is 4.74 Å². The second-order valence-electron chi connectivity index (χ2n) is 5.07. The largest absolute Gasteiger partial charge is 0.508 e. The van der Waals surface area contributed by atoms with Crippen LogP contribution in [0.3, 0.4) is 0 Å². The van der Waals surface area contributed by atoms with Crippen molar-refractivity contribution in [3.63, 3.8) is 0 Å². The Kier molecular flexibility index (Phi) is 4.71. The molecular formula is C18H20O4. The van der Waals surface area contributed by atoms with Crippen molar-refractivity contribution in [2.45, 2.75) is 25.7 Å². The van der Waals surface area contributed by atoms with Gasteiger partial charge >= 0.3 is 5.97 Å². The van der Waals surface area contributed by atoms with Crippen LogP contribution < -0.4 is 0 Å². The second-order valence-corrected chi connectivity index (χ2v) is 5.07. The number of hydrogen-bond acceptors (Lipinski definition) is 4. The van der Waals surface area contributed by atoms with Crippen LogP contribution >= 0.6 is 0 Å². The molecule has 0 atom stereocenters. The predicted molar refractivity (Wildman–Crippen MR) is 83.9 cm³/mol. The van der Waals surface area contributed by atoms with E-state index in [1.54, 1.807) is 55.5 Å². The second kappa shape index (κ2) is 6.52. The maximum atomic E-state index is 12.7. The molecule has 0 radical (unpaired) electrons. The number of ether oxygens (including phenoxy) is 1. The lowest BCUT2D eigenvalue weighted by Crippen LogP contribution is -2.38. The number of phenols is 2. The summed E-state index contributed by atoms with van der Waals surface area (Å²) in [6.07, 6.45) is 0.501. The van der Waals surface area contributed by atoms with E-state index in [2.05, 4.69) is 0 Å². The van der Waals surface area contributed by atoms with E-state index in [1.165, 1.54) is 0 Å². The van der Waals surface area contributed by atoms with E-state index >= 15 is 0 Å². The van der Waals surface area contributed by atoms with E-state index in [-0.39, 0.29) is 24.1 Å². The van der Waals surface area contributed by atoms with Crippen LogP contribution in [0.4, 0.5) is 0 Å². The zero-order valence-corrected chi connectivity index (χ0v) is 12.7. The molecule has 0 saturated carbocycles. The first-order chi connectivity index (χ1) is 10.5. The predicted octanol–water partition coefficient (Wildman–Crippen LogP) is 3.36. The molecule has 4 nitrogen and oxygen atoms in total. The molecule has 2 aromatic carbocycles. The molecule has 0 aliphatic carbocycles. The third kappa shape index (κ3) is 2.77. The minimum Gasteiger partial charge on any atom is -0.508 e. The van der Waals surface area contributed by atoms with Gasteiger partial charge in [-0.2, -0.15) is 0 Å². The molecule has 0 aromatic heterocycles. The summed E-state index contributed by atoms with van der Waals surface area (Å²) in [4.78, 5) is 12.7. The highest BCUT2D eigenvalue weighted by atomic mass is 16.5. The van der Waals surface area contributed by atoms with E-state index in [1.807, 2.05) is 6.92 Å². The van der Waals surface area contributed by atoms with Gasteiger partial charge in [0.05, 0.1) is 6.61 Å². The number of aromatic hydroxyl groups is 2. The molecule has 2 rings (SSSR count). The van der Waals surface area contributed by atoms with Crippen LogP contribution in [0.15, 0.2) is 48.5 Å². The van der Waals surface area contributed by atoms with Gasteiger partial charge in [0.15, 0.2) is 0 Å². The maximum Gasteiger partial charge on any atom is 0.321 e. The molecule has 2 N–H and O–H groups in total. The number of phenolic OH excluding ortho intramolecular Hbond substituents is 2. The summed E-state index contributed by atoms with van der Waals surface area (Å²) >= 11 is 0. The van der Waals surface area contributed by atoms with Crippen molar-refractivity contribution in [2.75, 3.05) is 6.61 Å². The molecule has 22 heavy (non-hydrogen) atoms. The maximum absolute atomic E-state index is 12.7. The Morgan fingerprint density at radius 2 is 1.32 bits per heavy atom. The monoisotopic (exact) mass is 300 g/mol. The van der Waals surface area contributed by atoms with Gasteiger partial charge in [-0.25, -0.2) is 0 Å². The Labute approximate surface area is 130 Å². The SMILES string of the molecule is CCOC(=O)C(CC)(c1ccc(O)cc1)c1ccc(O)cc1. The summed E-state index contributed by atoms with van der Waals surface area (Å²) in [6, 6.07) is 13.1. The molecule has 4 heteroatoms. The highest BCUT2D eigenvalue weighted by molar-refractivity contribution is 5.87. The molecule has 0 spiro atoms. The van der Waals surface area contributed by atoms with Crippen molar-refractivity contribution in [2.24, 2.45) is 0 Å². The molecule has 0 bridgehead atoms. The van der Waals surface area contributed by atoms with Gasteiger partial charge < -0.3 is 14.9 Å². The van der Waals surface area contributed by atoms with E-state index in [0.717, 1.165) is 11.1 Å². The minimum atomic E-state index is -0.961. The summed E-state index contributed by atoms with van der Waals surface area (Å²) in [7, 11) is 0. The Hall–Kier alpha value is -2.49. The lowest BCUT2D eigenvalue weighted by atomic mass is 9.72. The zero-order valence-electron chi connectivity index (χ0n) is 12.7. The number of hydrogen-bond donors (Lipinski definition) is 2. The van der Waals surface area contributed by atoms with Gasteiger partial charge in [0.1, 0.15) is 16.9 Å². The van der Waals surface area contributed by atoms with Crippen LogP contribution in [0.1, 0.15) is 31.4 Å². The fourth-order valence-corrected chi connectivity index (χ4v) is 2.70. The molecule has 116 valence electrons. The average Bonchev–Trinajstić information content (AvgIpc) is 2.52. The van der Waals surface area contributed by atoms with Crippen molar-refractivity contribution in [1.82, 2.24) is 0 Å². The molecule has 0 amide bonds. The molecule has 0 aliphatic heterocycles. The van der Waals surface area contributed by atoms with Crippen LogP contribution in [0.5, 0.6) is 11.5 Å². The molecule has 0 aliphatic rings. The number of esters is 1. The fraction of sp³-hybridized carbons (Fsp3) is 0.278. The fourth-order valence-electron chi connectivity index (χ4n) is 2.70. The summed E-state index contributed by atoms with van der Waals surface area (Å²) in [5, 5.41) is 19.0. The third-order valence-corrected chi connectivity index (χ3v) is 3.87. The van der Waals surface area contributed by atoms with Gasteiger partial charge in [-0.3, -0.25) is 4.79 Å². The normalized spacial score (nSPS) is 11.2. The van der Waals surface area contributed by atoms with E-state index in [9.17, 15) is 15.0 Å². The van der Waals surface area contributed by atoms with Crippen LogP contribution in [-0.4, -0.2) is 22.8 Å². The van der Waals surface area contributed by atoms with Crippen LogP contribution in [0, 0.1) is 0 Å². The number of carbonyl (C=O) groups excluding carboxylic acids is 1. The lowest BCUT2D eigenvalue weighted by Gasteiger charge is -2.31. The standard InChI is InChI=1S/C18H20O4/c1-3-18(17(21)22-4-2,13-5-9-15(19)10-6-13)14-7-11-16(20)12-8-14/h5-12,19-20H,3-4H2,1-2H3. The highest BCUT2D eigenvalue weighted by Gasteiger charge is 2.41. The smallest absolute Gasteiger partial charge is 0.321 e. The summed E-state index contributed by atoms with van der Waals surface area (Å²) < 4.78 is 5.30. The van der Waals surface area contributed by atoms with Gasteiger partial charge in [0.25, 0.3) is 0 Å². The van der Waals surface area contributed by atoms with Crippen LogP contribution in [0.2, 0.25) is 0 Å². The first-order valence-corrected chi connectivity index (χ1v) is 7.30. The Morgan fingerprint density at radius 3 is 1.64 bits per heavy atom. The highest BCUT2D eigenvalue weighted by Crippen LogP contribution is 2.38. The molecular weight excluding hydrogens is 280 g/mol. The average molecular weight is 300 g/mol. The summed E-state index contributed by atoms with van der Waals surface area (Å²) in [5.74, 6) is -0.0551. The van der Waals surface area contributed by atoms with E-state index < -0.39 is 5.41 Å². The molecule has 0 unspecified atom stereocenters. The van der Waals surface area contributed by atoms with Crippen molar-refractivity contribution >= 4 is 5.97 Å². The van der Waals surface area contributed by atoms with Crippen molar-refractivity contribution in [3.8, 4) is 11.5 Å². The van der Waals surface area contributed by atoms with Crippen LogP contribution in [-0.2, 0) is 14.9 Å². The van der Waals surface area contributed by atoms with Crippen molar-refractivity contribution < 1.29 is 19.7 Å². The Balaban J connectivity index is 2.63. The minimum absolute atomic E-state index is 0.142. The molecule has 0 heterocycles. The van der Waals surface area contributed by atoms with Gasteiger partial charge in [0, 0.05) is 0 Å². The first-order valence-electron chi connectivity index (χ1n) is 7.30. The third-order valence-electron chi connectivity index (χ3n) is 3.87. The Morgan fingerprint density at radius 1 is 0.909 bits per heavy atom. The quantitative estimate of drug-likeness (QED) is 0.831. The van der Waals surface area contributed by atoms with Crippen LogP contribution in [0.25, 0.3) is 0 Å². The Bertz CT molecular complexity index is 584. The number of carbonyl (C=O) groups is 1. The zero-order chi connectivity index (χ0) is 16.2. The van der Waals surface area contributed by atoms with E-state index in [0.29, 0.717) is 6.42 Å². The van der Waals surface area contributed by atoms with Gasteiger partial charge in [0.2, 0.25) is 0 Å². The lowest BCUT2D eigenvalue weighted by molar-refractivity contribution is -0.148. The number of benzene rings is 2. The molecule has 0 saturated heterocycles. The molecule has 0 fully saturated rings. The van der Waals surface area contributed by atoms with Gasteiger partial charge in [-0.1, -0.05) is 31.2 Å². The van der Waals surface area contributed by atoms with Gasteiger partial charge in [-0.05, 0) is 48.7 Å². The summed E-state index contributed by atoms with van der Waals surface area (Å²) in [5.41, 5.74) is 0.533. The topological polar surface area (TPSA) is 66.8 Å². The van der Waals surface area contributed by atoms with Crippen molar-refractivity contribution in [1.29, 1.82) is 0 Å². The number of rotatable bonds is 5. The summed E-state index contributed by atoms with van der Waals surface area (Å²) in [6.45, 7) is 3.97.